The summed E-state index contributed by atoms with van der Waals surface area (Å²) in [5.41, 5.74) is 3.59. The zero-order valence-electron chi connectivity index (χ0n) is 17.8. The van der Waals surface area contributed by atoms with Gasteiger partial charge < -0.3 is 10.2 Å². The van der Waals surface area contributed by atoms with Crippen LogP contribution in [0.1, 0.15) is 27.2 Å². The highest BCUT2D eigenvalue weighted by Gasteiger charge is 2.15. The zero-order chi connectivity index (χ0) is 22.3. The van der Waals surface area contributed by atoms with E-state index in [1.165, 1.54) is 23.3 Å². The van der Waals surface area contributed by atoms with Crippen molar-refractivity contribution in [1.82, 2.24) is 4.98 Å². The number of pyridine rings is 1. The average Bonchev–Trinajstić information content (AvgIpc) is 2.81. The molecule has 0 fully saturated rings. The number of aryl methyl sites for hydroxylation is 1. The molecule has 0 atom stereocenters. The molecule has 0 saturated carbocycles. The molecule has 1 N–H and O–H groups in total. The number of rotatable bonds is 7. The maximum atomic E-state index is 13.9. The number of nitrogens with one attached hydrogen (secondary N) is 1. The van der Waals surface area contributed by atoms with E-state index in [2.05, 4.69) is 34.5 Å². The van der Waals surface area contributed by atoms with E-state index < -0.39 is 11.7 Å². The van der Waals surface area contributed by atoms with Gasteiger partial charge in [0.25, 0.3) is 5.91 Å². The highest BCUT2D eigenvalue weighted by molar-refractivity contribution is 6.04. The van der Waals surface area contributed by atoms with Gasteiger partial charge in [-0.25, -0.2) is 9.37 Å². The molecular weight excluding hydrogens is 401 g/mol. The Morgan fingerprint density at radius 1 is 0.812 bits per heavy atom. The fraction of sp³-hybridized carbons (Fsp3) is 0.111. The topological polar surface area (TPSA) is 45.2 Å². The molecule has 5 heteroatoms. The van der Waals surface area contributed by atoms with Crippen LogP contribution in [0.2, 0.25) is 0 Å². The van der Waals surface area contributed by atoms with Gasteiger partial charge in [0.2, 0.25) is 0 Å². The predicted octanol–water partition coefficient (Wildman–Crippen LogP) is 5.99. The Morgan fingerprint density at radius 2 is 1.38 bits per heavy atom. The lowest BCUT2D eigenvalue weighted by molar-refractivity contribution is 0.102. The minimum absolute atomic E-state index is 0.00533. The Kier molecular flexibility index (Phi) is 6.56. The maximum absolute atomic E-state index is 13.9. The minimum Gasteiger partial charge on any atom is -0.348 e. The van der Waals surface area contributed by atoms with Gasteiger partial charge in [0, 0.05) is 13.1 Å². The Balaban J connectivity index is 1.58. The molecule has 0 aliphatic carbocycles. The van der Waals surface area contributed by atoms with Gasteiger partial charge in [0.1, 0.15) is 11.6 Å². The number of carbonyl (C=O) groups excluding carboxylic acids is 1. The van der Waals surface area contributed by atoms with Crippen LogP contribution in [0.3, 0.4) is 0 Å². The highest BCUT2D eigenvalue weighted by atomic mass is 19.1. The third kappa shape index (κ3) is 5.19. The van der Waals surface area contributed by atoms with Crippen LogP contribution < -0.4 is 10.2 Å². The first-order chi connectivity index (χ1) is 15.6. The van der Waals surface area contributed by atoms with E-state index in [1.54, 1.807) is 12.1 Å². The van der Waals surface area contributed by atoms with Crippen molar-refractivity contribution in [3.8, 4) is 0 Å². The molecule has 0 saturated heterocycles. The van der Waals surface area contributed by atoms with Crippen molar-refractivity contribution in [3.63, 3.8) is 0 Å². The lowest BCUT2D eigenvalue weighted by atomic mass is 10.1. The van der Waals surface area contributed by atoms with E-state index in [0.717, 1.165) is 5.82 Å². The van der Waals surface area contributed by atoms with Crippen LogP contribution in [0, 0.1) is 12.7 Å². The first kappa shape index (κ1) is 21.2. The number of hydrogen-bond acceptors (Lipinski definition) is 3. The van der Waals surface area contributed by atoms with E-state index in [0.29, 0.717) is 24.5 Å². The molecule has 0 aliphatic rings. The monoisotopic (exact) mass is 425 g/mol. The van der Waals surface area contributed by atoms with E-state index in [-0.39, 0.29) is 5.56 Å². The van der Waals surface area contributed by atoms with Crippen LogP contribution in [0.15, 0.2) is 97.1 Å². The summed E-state index contributed by atoms with van der Waals surface area (Å²) < 4.78 is 13.9. The molecule has 1 amide bonds. The van der Waals surface area contributed by atoms with Gasteiger partial charge in [-0.1, -0.05) is 72.8 Å². The van der Waals surface area contributed by atoms with Crippen molar-refractivity contribution in [3.05, 3.63) is 125 Å². The number of benzene rings is 3. The number of halogens is 1. The number of hydrogen-bond donors (Lipinski definition) is 1. The van der Waals surface area contributed by atoms with Crippen molar-refractivity contribution < 1.29 is 9.18 Å². The van der Waals surface area contributed by atoms with Crippen molar-refractivity contribution >= 4 is 17.4 Å². The molecule has 4 rings (SSSR count). The summed E-state index contributed by atoms with van der Waals surface area (Å²) in [4.78, 5) is 19.4. The first-order valence-corrected chi connectivity index (χ1v) is 10.5. The molecule has 0 spiro atoms. The largest absolute Gasteiger partial charge is 0.348 e. The summed E-state index contributed by atoms with van der Waals surface area (Å²) >= 11 is 0. The van der Waals surface area contributed by atoms with E-state index in [9.17, 15) is 9.18 Å². The number of nitrogens with zero attached hydrogens (tertiary/aromatic N) is 2. The van der Waals surface area contributed by atoms with Gasteiger partial charge in [-0.2, -0.15) is 0 Å². The predicted molar refractivity (Wildman–Crippen MR) is 126 cm³/mol. The molecule has 0 radical (unpaired) electrons. The summed E-state index contributed by atoms with van der Waals surface area (Å²) in [6.07, 6.45) is 0. The van der Waals surface area contributed by atoms with Gasteiger partial charge in [-0.05, 0) is 42.3 Å². The minimum atomic E-state index is -0.552. The smallest absolute Gasteiger partial charge is 0.258 e. The second kappa shape index (κ2) is 9.88. The molecule has 0 aliphatic heterocycles. The SMILES string of the molecule is Cc1nc(N(Cc2ccccc2)Cc2ccccc2)ccc1NC(=O)c1ccccc1F. The zero-order valence-corrected chi connectivity index (χ0v) is 17.8. The summed E-state index contributed by atoms with van der Waals surface area (Å²) in [6, 6.07) is 30.1. The molecular formula is C27H24FN3O. The maximum Gasteiger partial charge on any atom is 0.258 e. The molecule has 3 aromatic carbocycles. The quantitative estimate of drug-likeness (QED) is 0.396. The fourth-order valence-corrected chi connectivity index (χ4v) is 3.52. The van der Waals surface area contributed by atoms with Crippen LogP contribution in [-0.2, 0) is 13.1 Å². The van der Waals surface area contributed by atoms with Gasteiger partial charge in [0.15, 0.2) is 0 Å². The van der Waals surface area contributed by atoms with Crippen molar-refractivity contribution in [2.45, 2.75) is 20.0 Å². The van der Waals surface area contributed by atoms with Gasteiger partial charge in [-0.15, -0.1) is 0 Å². The molecule has 0 unspecified atom stereocenters. The lowest BCUT2D eigenvalue weighted by Gasteiger charge is -2.25. The Bertz CT molecular complexity index is 1150. The number of amides is 1. The third-order valence-corrected chi connectivity index (χ3v) is 5.19. The molecule has 32 heavy (non-hydrogen) atoms. The highest BCUT2D eigenvalue weighted by Crippen LogP contribution is 2.23. The van der Waals surface area contributed by atoms with E-state index >= 15 is 0 Å². The Labute approximate surface area is 187 Å². The number of carbonyl (C=O) groups is 1. The second-order valence-electron chi connectivity index (χ2n) is 7.56. The van der Waals surface area contributed by atoms with Gasteiger partial charge in [0.05, 0.1) is 16.9 Å². The fourth-order valence-electron chi connectivity index (χ4n) is 3.52. The van der Waals surface area contributed by atoms with E-state index in [4.69, 9.17) is 4.98 Å². The normalized spacial score (nSPS) is 10.6. The Hall–Kier alpha value is -3.99. The van der Waals surface area contributed by atoms with Crippen LogP contribution in [0.5, 0.6) is 0 Å². The molecule has 4 nitrogen and oxygen atoms in total. The first-order valence-electron chi connectivity index (χ1n) is 10.5. The van der Waals surface area contributed by atoms with Gasteiger partial charge in [-0.3, -0.25) is 4.79 Å². The number of aromatic nitrogens is 1. The third-order valence-electron chi connectivity index (χ3n) is 5.19. The summed E-state index contributed by atoms with van der Waals surface area (Å²) in [5.74, 6) is -0.241. The Morgan fingerprint density at radius 3 is 1.94 bits per heavy atom. The lowest BCUT2D eigenvalue weighted by Crippen LogP contribution is -2.23. The molecule has 1 aromatic heterocycles. The summed E-state index contributed by atoms with van der Waals surface area (Å²) in [6.45, 7) is 3.23. The second-order valence-corrected chi connectivity index (χ2v) is 7.56. The molecule has 1 heterocycles. The summed E-state index contributed by atoms with van der Waals surface area (Å²) in [7, 11) is 0. The van der Waals surface area contributed by atoms with Crippen molar-refractivity contribution in [2.75, 3.05) is 10.2 Å². The van der Waals surface area contributed by atoms with Crippen LogP contribution in [0.25, 0.3) is 0 Å². The van der Waals surface area contributed by atoms with Crippen LogP contribution in [-0.4, -0.2) is 10.9 Å². The standard InChI is InChI=1S/C27H24FN3O/c1-20-25(30-27(32)23-14-8-9-15-24(23)28)16-17-26(29-20)31(18-21-10-4-2-5-11-21)19-22-12-6-3-7-13-22/h2-17H,18-19H2,1H3,(H,30,32). The molecule has 160 valence electrons. The molecule has 4 aromatic rings. The number of anilines is 2. The molecule has 0 bridgehead atoms. The average molecular weight is 426 g/mol. The summed E-state index contributed by atoms with van der Waals surface area (Å²) in [5, 5.41) is 2.77. The van der Waals surface area contributed by atoms with Crippen LogP contribution >= 0.6 is 0 Å². The van der Waals surface area contributed by atoms with Crippen molar-refractivity contribution in [1.29, 1.82) is 0 Å². The van der Waals surface area contributed by atoms with Crippen LogP contribution in [0.4, 0.5) is 15.9 Å². The van der Waals surface area contributed by atoms with Crippen molar-refractivity contribution in [2.24, 2.45) is 0 Å². The van der Waals surface area contributed by atoms with E-state index in [1.807, 2.05) is 55.5 Å². The van der Waals surface area contributed by atoms with Gasteiger partial charge >= 0.3 is 0 Å².